The lowest BCUT2D eigenvalue weighted by atomic mass is 9.76. The van der Waals surface area contributed by atoms with Crippen molar-refractivity contribution in [3.8, 4) is 0 Å². The van der Waals surface area contributed by atoms with Crippen molar-refractivity contribution in [1.29, 1.82) is 0 Å². The fraction of sp³-hybridized carbons (Fsp3) is 0.600. The number of rotatable bonds is 4. The topological polar surface area (TPSA) is 75.6 Å². The number of carbonyl (C=O) groups is 2. The molecular formula is C20H26N4O3. The smallest absolute Gasteiger partial charge is 0.230 e. The molecule has 0 radical (unpaired) electrons. The fourth-order valence-electron chi connectivity index (χ4n) is 4.55. The molecule has 7 nitrogen and oxygen atoms in total. The molecule has 0 unspecified atom stereocenters. The lowest BCUT2D eigenvalue weighted by molar-refractivity contribution is -0.143. The third kappa shape index (κ3) is 3.04. The van der Waals surface area contributed by atoms with E-state index in [-0.39, 0.29) is 23.3 Å². The number of hydrogen-bond acceptors (Lipinski definition) is 5. The Bertz CT molecular complexity index is 788. The van der Waals surface area contributed by atoms with E-state index < -0.39 is 17.4 Å². The third-order valence-corrected chi connectivity index (χ3v) is 5.52. The second-order valence-electron chi connectivity index (χ2n) is 9.05. The predicted molar refractivity (Wildman–Crippen MR) is 98.3 cm³/mol. The van der Waals surface area contributed by atoms with Crippen LogP contribution in [0.5, 0.6) is 0 Å². The van der Waals surface area contributed by atoms with Crippen molar-refractivity contribution in [2.45, 2.75) is 39.0 Å². The van der Waals surface area contributed by atoms with Crippen molar-refractivity contribution in [2.75, 3.05) is 20.1 Å². The zero-order chi connectivity index (χ0) is 19.4. The molecule has 27 heavy (non-hydrogen) atoms. The van der Waals surface area contributed by atoms with Crippen molar-refractivity contribution in [2.24, 2.45) is 17.3 Å². The summed E-state index contributed by atoms with van der Waals surface area (Å²) in [4.78, 5) is 38.1. The summed E-state index contributed by atoms with van der Waals surface area (Å²) >= 11 is 0. The van der Waals surface area contributed by atoms with Crippen LogP contribution in [0.4, 0.5) is 0 Å². The van der Waals surface area contributed by atoms with Crippen LogP contribution < -0.4 is 0 Å². The van der Waals surface area contributed by atoms with Gasteiger partial charge in [-0.05, 0) is 5.41 Å². The quantitative estimate of drug-likeness (QED) is 0.746. The van der Waals surface area contributed by atoms with Crippen LogP contribution in [0.1, 0.15) is 26.5 Å². The Morgan fingerprint density at radius 3 is 2.85 bits per heavy atom. The largest absolute Gasteiger partial charge is 0.360 e. The minimum atomic E-state index is -0.652. The van der Waals surface area contributed by atoms with Gasteiger partial charge in [-0.15, -0.1) is 0 Å². The first kappa shape index (κ1) is 18.1. The van der Waals surface area contributed by atoms with E-state index in [1.54, 1.807) is 30.5 Å². The van der Waals surface area contributed by atoms with E-state index in [1.807, 2.05) is 17.1 Å². The molecule has 2 bridgehead atoms. The Kier molecular flexibility index (Phi) is 4.10. The summed E-state index contributed by atoms with van der Waals surface area (Å²) in [5.74, 6) is -0.961. The minimum Gasteiger partial charge on any atom is -0.360 e. The van der Waals surface area contributed by atoms with E-state index in [4.69, 9.17) is 4.74 Å². The van der Waals surface area contributed by atoms with Crippen molar-refractivity contribution < 1.29 is 14.3 Å². The highest BCUT2D eigenvalue weighted by atomic mass is 16.5. The highest BCUT2D eigenvalue weighted by Crippen LogP contribution is 2.52. The number of hydrogen-bond donors (Lipinski definition) is 0. The molecule has 2 fully saturated rings. The molecule has 4 rings (SSSR count). The summed E-state index contributed by atoms with van der Waals surface area (Å²) in [5, 5.41) is 0. The van der Waals surface area contributed by atoms with Crippen LogP contribution in [0.3, 0.4) is 0 Å². The van der Waals surface area contributed by atoms with Crippen molar-refractivity contribution in [3.05, 3.63) is 36.4 Å². The molecule has 3 aliphatic rings. The van der Waals surface area contributed by atoms with Crippen LogP contribution in [0.25, 0.3) is 0 Å². The second kappa shape index (κ2) is 6.12. The molecule has 1 aromatic rings. The Morgan fingerprint density at radius 1 is 1.41 bits per heavy atom. The second-order valence-corrected chi connectivity index (χ2v) is 9.05. The van der Waals surface area contributed by atoms with Gasteiger partial charge in [0.25, 0.3) is 0 Å². The summed E-state index contributed by atoms with van der Waals surface area (Å²) in [7, 11) is 1.74. The van der Waals surface area contributed by atoms with Gasteiger partial charge in [-0.3, -0.25) is 19.6 Å². The van der Waals surface area contributed by atoms with E-state index in [0.29, 0.717) is 19.6 Å². The van der Waals surface area contributed by atoms with Crippen LogP contribution >= 0.6 is 0 Å². The Morgan fingerprint density at radius 2 is 2.19 bits per heavy atom. The molecule has 0 aliphatic carbocycles. The minimum absolute atomic E-state index is 0.00503. The van der Waals surface area contributed by atoms with Crippen molar-refractivity contribution in [3.63, 3.8) is 0 Å². The summed E-state index contributed by atoms with van der Waals surface area (Å²) in [6.45, 7) is 7.87. The van der Waals surface area contributed by atoms with E-state index in [1.165, 1.54) is 0 Å². The van der Waals surface area contributed by atoms with Gasteiger partial charge in [-0.2, -0.15) is 0 Å². The number of ether oxygens (including phenoxy) is 1. The van der Waals surface area contributed by atoms with Gasteiger partial charge in [0.15, 0.2) is 0 Å². The Labute approximate surface area is 159 Å². The molecule has 144 valence electrons. The van der Waals surface area contributed by atoms with Crippen LogP contribution in [-0.4, -0.2) is 63.4 Å². The molecule has 4 atom stereocenters. The third-order valence-electron chi connectivity index (χ3n) is 5.52. The summed E-state index contributed by atoms with van der Waals surface area (Å²) < 4.78 is 6.18. The molecular weight excluding hydrogens is 344 g/mol. The highest BCUT2D eigenvalue weighted by Gasteiger charge is 2.67. The van der Waals surface area contributed by atoms with Gasteiger partial charge in [0, 0.05) is 26.0 Å². The molecule has 7 heteroatoms. The SMILES string of the molecule is CN(Cc1cnccn1)C(=O)[C@H]1[C@@H]2C=C[C@@]3(CN(CC(C)(C)C)C(=O)[C@H]13)O2. The van der Waals surface area contributed by atoms with Crippen LogP contribution in [0.15, 0.2) is 30.7 Å². The van der Waals surface area contributed by atoms with Gasteiger partial charge in [0.05, 0.1) is 42.9 Å². The number of amides is 2. The van der Waals surface area contributed by atoms with E-state index in [2.05, 4.69) is 30.7 Å². The predicted octanol–water partition coefficient (Wildman–Crippen LogP) is 1.26. The molecule has 2 amide bonds. The molecule has 3 aliphatic heterocycles. The summed E-state index contributed by atoms with van der Waals surface area (Å²) in [6.07, 6.45) is 8.47. The first-order valence-corrected chi connectivity index (χ1v) is 9.36. The molecule has 0 aromatic carbocycles. The molecule has 0 saturated carbocycles. The van der Waals surface area contributed by atoms with Crippen LogP contribution in [0.2, 0.25) is 0 Å². The zero-order valence-corrected chi connectivity index (χ0v) is 16.3. The summed E-state index contributed by atoms with van der Waals surface area (Å²) in [5.41, 5.74) is 0.0603. The summed E-state index contributed by atoms with van der Waals surface area (Å²) in [6, 6.07) is 0. The monoisotopic (exact) mass is 370 g/mol. The lowest BCUT2D eigenvalue weighted by Crippen LogP contribution is -2.45. The molecule has 0 N–H and O–H groups in total. The highest BCUT2D eigenvalue weighted by molar-refractivity contribution is 5.93. The molecule has 1 spiro atoms. The Hall–Kier alpha value is -2.28. The molecule has 2 saturated heterocycles. The fourth-order valence-corrected chi connectivity index (χ4v) is 4.55. The zero-order valence-electron chi connectivity index (χ0n) is 16.3. The van der Waals surface area contributed by atoms with Gasteiger partial charge >= 0.3 is 0 Å². The number of nitrogens with zero attached hydrogens (tertiary/aromatic N) is 4. The van der Waals surface area contributed by atoms with Gasteiger partial charge in [0.1, 0.15) is 5.60 Å². The molecule has 4 heterocycles. The number of fused-ring (bicyclic) bond motifs is 1. The van der Waals surface area contributed by atoms with Gasteiger partial charge in [-0.1, -0.05) is 32.9 Å². The maximum Gasteiger partial charge on any atom is 0.230 e. The van der Waals surface area contributed by atoms with Gasteiger partial charge in [-0.25, -0.2) is 0 Å². The number of aromatic nitrogens is 2. The van der Waals surface area contributed by atoms with Crippen molar-refractivity contribution in [1.82, 2.24) is 19.8 Å². The normalized spacial score (nSPS) is 31.5. The molecule has 1 aromatic heterocycles. The first-order chi connectivity index (χ1) is 12.7. The van der Waals surface area contributed by atoms with E-state index >= 15 is 0 Å². The average molecular weight is 370 g/mol. The van der Waals surface area contributed by atoms with E-state index in [0.717, 1.165) is 5.69 Å². The van der Waals surface area contributed by atoms with Gasteiger partial charge < -0.3 is 14.5 Å². The number of carbonyl (C=O) groups excluding carboxylic acids is 2. The van der Waals surface area contributed by atoms with Crippen LogP contribution in [-0.2, 0) is 20.9 Å². The van der Waals surface area contributed by atoms with E-state index in [9.17, 15) is 9.59 Å². The van der Waals surface area contributed by atoms with Gasteiger partial charge in [0.2, 0.25) is 11.8 Å². The van der Waals surface area contributed by atoms with Crippen LogP contribution in [0, 0.1) is 17.3 Å². The lowest BCUT2D eigenvalue weighted by Gasteiger charge is -2.29. The average Bonchev–Trinajstić information content (AvgIpc) is 3.22. The standard InChI is InChI=1S/C20H26N4O3/c1-19(2,3)11-24-12-20-6-5-14(27-20)15(16(20)18(24)26)17(25)23(4)10-13-9-21-7-8-22-13/h5-9,14-16H,10-12H2,1-4H3/t14-,15-,16-,20-/m0/s1. The number of likely N-dealkylation sites (tertiary alicyclic amines) is 1. The maximum atomic E-state index is 13.2. The Balaban J connectivity index is 1.55. The van der Waals surface area contributed by atoms with Crippen molar-refractivity contribution >= 4 is 11.8 Å². The first-order valence-electron chi connectivity index (χ1n) is 9.36. The maximum absolute atomic E-state index is 13.2.